The number of urea groups is 1. The van der Waals surface area contributed by atoms with Crippen LogP contribution in [0, 0.1) is 0 Å². The summed E-state index contributed by atoms with van der Waals surface area (Å²) < 4.78 is 44.1. The number of nitrogens with zero attached hydrogens (tertiary/aromatic N) is 1. The number of nitrogens with one attached hydrogen (secondary N) is 2. The molecule has 1 aliphatic rings. The smallest absolute Gasteiger partial charge is 0.416 e. The van der Waals surface area contributed by atoms with Gasteiger partial charge in [-0.1, -0.05) is 0 Å². The van der Waals surface area contributed by atoms with Gasteiger partial charge in [0, 0.05) is 31.9 Å². The summed E-state index contributed by atoms with van der Waals surface area (Å²) in [6, 6.07) is 2.59. The van der Waals surface area contributed by atoms with Crippen LogP contribution >= 0.6 is 0 Å². The highest BCUT2D eigenvalue weighted by Crippen LogP contribution is 2.34. The summed E-state index contributed by atoms with van der Waals surface area (Å²) in [5, 5.41) is 4.60. The molecule has 8 heteroatoms. The number of ether oxygens (including phenoxy) is 1. The average Bonchev–Trinajstić information content (AvgIpc) is 2.35. The zero-order chi connectivity index (χ0) is 15.6. The van der Waals surface area contributed by atoms with Gasteiger partial charge >= 0.3 is 12.2 Å². The first-order valence-corrected chi connectivity index (χ1v) is 6.34. The van der Waals surface area contributed by atoms with Gasteiger partial charge in [-0.2, -0.15) is 13.2 Å². The highest BCUT2D eigenvalue weighted by atomic mass is 19.4. The van der Waals surface area contributed by atoms with Gasteiger partial charge in [-0.25, -0.2) is 4.79 Å². The number of amides is 2. The predicted molar refractivity (Wildman–Crippen MR) is 71.4 cm³/mol. The Morgan fingerprint density at radius 1 is 1.33 bits per heavy atom. The molecule has 1 aromatic rings. The van der Waals surface area contributed by atoms with Crippen LogP contribution in [0.3, 0.4) is 0 Å². The molecule has 0 bridgehead atoms. The number of likely N-dealkylation sites (N-methyl/N-ethyl adjacent to an activating group) is 1. The van der Waals surface area contributed by atoms with Crippen molar-refractivity contribution in [2.45, 2.75) is 12.3 Å². The molecule has 2 rings (SSSR count). The van der Waals surface area contributed by atoms with Gasteiger partial charge in [0.05, 0.1) is 5.56 Å². The van der Waals surface area contributed by atoms with E-state index in [1.54, 1.807) is 0 Å². The van der Waals surface area contributed by atoms with Gasteiger partial charge in [0.25, 0.3) is 0 Å². The Labute approximate surface area is 120 Å². The maximum absolute atomic E-state index is 12.9. The molecule has 0 aromatic heterocycles. The third-order valence-corrected chi connectivity index (χ3v) is 3.05. The molecule has 1 aromatic carbocycles. The molecule has 1 heterocycles. The second kappa shape index (κ2) is 5.80. The van der Waals surface area contributed by atoms with Gasteiger partial charge in [0.15, 0.2) is 0 Å². The molecule has 0 saturated carbocycles. The van der Waals surface area contributed by atoms with E-state index in [1.165, 1.54) is 13.1 Å². The Morgan fingerprint density at radius 2 is 2.00 bits per heavy atom. The number of anilines is 1. The molecule has 0 spiro atoms. The Balaban J connectivity index is 2.21. The van der Waals surface area contributed by atoms with Crippen LogP contribution in [-0.2, 0) is 6.18 Å². The number of likely N-dealkylation sites (tertiary alicyclic amines) is 1. The molecule has 1 fully saturated rings. The van der Waals surface area contributed by atoms with E-state index in [2.05, 4.69) is 10.6 Å². The highest BCUT2D eigenvalue weighted by molar-refractivity contribution is 5.89. The molecule has 0 aliphatic carbocycles. The van der Waals surface area contributed by atoms with Crippen LogP contribution in [-0.4, -0.2) is 44.2 Å². The van der Waals surface area contributed by atoms with Crippen LogP contribution in [0.1, 0.15) is 5.56 Å². The molecule has 21 heavy (non-hydrogen) atoms. The van der Waals surface area contributed by atoms with E-state index in [1.807, 2.05) is 11.9 Å². The van der Waals surface area contributed by atoms with E-state index in [-0.39, 0.29) is 17.5 Å². The first-order chi connectivity index (χ1) is 9.77. The van der Waals surface area contributed by atoms with Crippen molar-refractivity contribution < 1.29 is 22.7 Å². The predicted octanol–water partition coefficient (Wildman–Crippen LogP) is 2.15. The maximum atomic E-state index is 12.9. The molecular weight excluding hydrogens is 287 g/mol. The number of hydrogen-bond donors (Lipinski definition) is 2. The Kier molecular flexibility index (Phi) is 4.26. The van der Waals surface area contributed by atoms with Crippen molar-refractivity contribution in [3.63, 3.8) is 0 Å². The molecule has 5 nitrogen and oxygen atoms in total. The summed E-state index contributed by atoms with van der Waals surface area (Å²) in [6.45, 7) is 1.32. The lowest BCUT2D eigenvalue weighted by atomic mass is 10.1. The summed E-state index contributed by atoms with van der Waals surface area (Å²) in [5.41, 5.74) is -0.828. The monoisotopic (exact) mass is 303 g/mol. The van der Waals surface area contributed by atoms with Crippen LogP contribution in [0.4, 0.5) is 23.7 Å². The summed E-state index contributed by atoms with van der Waals surface area (Å²) in [6.07, 6.45) is -4.64. The molecular formula is C13H16F3N3O2. The van der Waals surface area contributed by atoms with E-state index in [0.29, 0.717) is 13.1 Å². The minimum absolute atomic E-state index is 0.0341. The maximum Gasteiger partial charge on any atom is 0.416 e. The number of hydrogen-bond acceptors (Lipinski definition) is 3. The second-order valence-electron chi connectivity index (χ2n) is 4.91. The number of carbonyl (C=O) groups is 1. The minimum Gasteiger partial charge on any atom is -0.488 e. The Bertz CT molecular complexity index is 528. The number of carbonyl (C=O) groups excluding carboxylic acids is 1. The Morgan fingerprint density at radius 3 is 2.52 bits per heavy atom. The molecule has 0 unspecified atom stereocenters. The van der Waals surface area contributed by atoms with Crippen LogP contribution in [0.15, 0.2) is 18.2 Å². The van der Waals surface area contributed by atoms with E-state index in [9.17, 15) is 18.0 Å². The summed E-state index contributed by atoms with van der Waals surface area (Å²) in [7, 11) is 3.27. The van der Waals surface area contributed by atoms with Crippen molar-refractivity contribution in [1.29, 1.82) is 0 Å². The fraction of sp³-hybridized carbons (Fsp3) is 0.462. The fourth-order valence-electron chi connectivity index (χ4n) is 2.01. The minimum atomic E-state index is -4.51. The van der Waals surface area contributed by atoms with Gasteiger partial charge in [-0.3, -0.25) is 4.90 Å². The van der Waals surface area contributed by atoms with E-state index >= 15 is 0 Å². The van der Waals surface area contributed by atoms with Crippen molar-refractivity contribution in [2.24, 2.45) is 0 Å². The zero-order valence-electron chi connectivity index (χ0n) is 11.6. The molecule has 1 aliphatic heterocycles. The SMILES string of the molecule is CNC(=O)Nc1cc(OC2CN(C)C2)cc(C(F)(F)F)c1. The van der Waals surface area contributed by atoms with Crippen LogP contribution in [0.25, 0.3) is 0 Å². The lowest BCUT2D eigenvalue weighted by molar-refractivity contribution is -0.137. The first-order valence-electron chi connectivity index (χ1n) is 6.34. The van der Waals surface area contributed by atoms with Crippen molar-refractivity contribution in [1.82, 2.24) is 10.2 Å². The topological polar surface area (TPSA) is 53.6 Å². The largest absolute Gasteiger partial charge is 0.488 e. The lowest BCUT2D eigenvalue weighted by Gasteiger charge is -2.36. The van der Waals surface area contributed by atoms with Crippen molar-refractivity contribution in [3.05, 3.63) is 23.8 Å². The molecule has 0 atom stereocenters. The fourth-order valence-corrected chi connectivity index (χ4v) is 2.01. The summed E-state index contributed by atoms with van der Waals surface area (Å²) >= 11 is 0. The standard InChI is InChI=1S/C13H16F3N3O2/c1-17-12(20)18-9-3-8(13(14,15)16)4-10(5-9)21-11-6-19(2)7-11/h3-5,11H,6-7H2,1-2H3,(H2,17,18,20). The van der Waals surface area contributed by atoms with Gasteiger partial charge < -0.3 is 15.4 Å². The molecule has 1 saturated heterocycles. The lowest BCUT2D eigenvalue weighted by Crippen LogP contribution is -2.51. The summed E-state index contributed by atoms with van der Waals surface area (Å²) in [4.78, 5) is 13.2. The van der Waals surface area contributed by atoms with E-state index < -0.39 is 17.8 Å². The van der Waals surface area contributed by atoms with Gasteiger partial charge in [0.2, 0.25) is 0 Å². The van der Waals surface area contributed by atoms with Crippen molar-refractivity contribution >= 4 is 11.7 Å². The van der Waals surface area contributed by atoms with Crippen LogP contribution in [0.5, 0.6) is 5.75 Å². The molecule has 2 N–H and O–H groups in total. The average molecular weight is 303 g/mol. The quantitative estimate of drug-likeness (QED) is 0.899. The first kappa shape index (κ1) is 15.4. The molecule has 0 radical (unpaired) electrons. The highest BCUT2D eigenvalue weighted by Gasteiger charge is 2.32. The molecule has 116 valence electrons. The number of halogens is 3. The zero-order valence-corrected chi connectivity index (χ0v) is 11.6. The summed E-state index contributed by atoms with van der Waals surface area (Å²) in [5.74, 6) is 0.0920. The number of benzene rings is 1. The van der Waals surface area contributed by atoms with Crippen molar-refractivity contribution in [3.8, 4) is 5.75 Å². The van der Waals surface area contributed by atoms with Crippen LogP contribution < -0.4 is 15.4 Å². The van der Waals surface area contributed by atoms with Gasteiger partial charge in [-0.15, -0.1) is 0 Å². The third-order valence-electron chi connectivity index (χ3n) is 3.05. The van der Waals surface area contributed by atoms with E-state index in [4.69, 9.17) is 4.74 Å². The Hall–Kier alpha value is -1.96. The van der Waals surface area contributed by atoms with Gasteiger partial charge in [0.1, 0.15) is 11.9 Å². The normalized spacial score (nSPS) is 16.2. The van der Waals surface area contributed by atoms with Crippen LogP contribution in [0.2, 0.25) is 0 Å². The number of alkyl halides is 3. The number of rotatable bonds is 3. The van der Waals surface area contributed by atoms with Crippen molar-refractivity contribution in [2.75, 3.05) is 32.5 Å². The van der Waals surface area contributed by atoms with Gasteiger partial charge in [-0.05, 0) is 19.2 Å². The molecule has 2 amide bonds. The van der Waals surface area contributed by atoms with E-state index in [0.717, 1.165) is 12.1 Å². The third kappa shape index (κ3) is 4.01. The second-order valence-corrected chi connectivity index (χ2v) is 4.91.